The number of hydrogen-bond donors (Lipinski definition) is 1. The molecule has 3 rings (SSSR count). The van der Waals surface area contributed by atoms with Gasteiger partial charge in [-0.1, -0.05) is 54.1 Å². The molecule has 0 fully saturated rings. The molecule has 0 radical (unpaired) electrons. The Bertz CT molecular complexity index is 884. The molecule has 0 heterocycles. The highest BCUT2D eigenvalue weighted by Crippen LogP contribution is 2.23. The van der Waals surface area contributed by atoms with Gasteiger partial charge in [0.25, 0.3) is 0 Å². The van der Waals surface area contributed by atoms with Gasteiger partial charge in [0.2, 0.25) is 5.91 Å². The summed E-state index contributed by atoms with van der Waals surface area (Å²) in [4.78, 5) is 12.0. The van der Waals surface area contributed by atoms with Gasteiger partial charge >= 0.3 is 0 Å². The summed E-state index contributed by atoms with van der Waals surface area (Å²) in [6.07, 6.45) is 0. The molecule has 0 saturated carbocycles. The molecule has 5 heteroatoms. The molecule has 1 amide bonds. The number of rotatable bonds is 5. The van der Waals surface area contributed by atoms with Gasteiger partial charge in [0.1, 0.15) is 5.82 Å². The largest absolute Gasteiger partial charge is 0.324 e. The second-order valence-corrected chi connectivity index (χ2v) is 6.74. The summed E-state index contributed by atoms with van der Waals surface area (Å²) in [7, 11) is 0. The SMILES string of the molecule is O=C(CSCc1ccc2ccccc2c1)Nc1ccc(F)cc1Cl. The fraction of sp³-hybridized carbons (Fsp3) is 0.105. The highest BCUT2D eigenvalue weighted by atomic mass is 35.5. The van der Waals surface area contributed by atoms with Crippen LogP contribution in [0.25, 0.3) is 10.8 Å². The molecule has 2 nitrogen and oxygen atoms in total. The molecule has 3 aromatic rings. The monoisotopic (exact) mass is 359 g/mol. The van der Waals surface area contributed by atoms with Gasteiger partial charge < -0.3 is 5.32 Å². The van der Waals surface area contributed by atoms with Gasteiger partial charge in [-0.15, -0.1) is 11.8 Å². The number of anilines is 1. The van der Waals surface area contributed by atoms with Gasteiger partial charge in [-0.2, -0.15) is 0 Å². The molecular weight excluding hydrogens is 345 g/mol. The molecule has 3 aromatic carbocycles. The average Bonchev–Trinajstić information content (AvgIpc) is 2.57. The summed E-state index contributed by atoms with van der Waals surface area (Å²) in [5.74, 6) is 0.466. The number of carbonyl (C=O) groups is 1. The first-order valence-electron chi connectivity index (χ1n) is 7.42. The first kappa shape index (κ1) is 16.8. The van der Waals surface area contributed by atoms with Gasteiger partial charge in [0, 0.05) is 5.75 Å². The Morgan fingerprint density at radius 3 is 2.62 bits per heavy atom. The average molecular weight is 360 g/mol. The minimum absolute atomic E-state index is 0.158. The van der Waals surface area contributed by atoms with E-state index in [2.05, 4.69) is 35.6 Å². The van der Waals surface area contributed by atoms with Gasteiger partial charge in [0.05, 0.1) is 16.5 Å². The summed E-state index contributed by atoms with van der Waals surface area (Å²) in [6.45, 7) is 0. The van der Waals surface area contributed by atoms with Crippen LogP contribution in [0.15, 0.2) is 60.7 Å². The topological polar surface area (TPSA) is 29.1 Å². The third-order valence-corrected chi connectivity index (χ3v) is 4.84. The molecule has 0 aliphatic heterocycles. The molecule has 0 aliphatic carbocycles. The molecule has 0 atom stereocenters. The number of halogens is 2. The van der Waals surface area contributed by atoms with Crippen LogP contribution in [0, 0.1) is 5.82 Å². The van der Waals surface area contributed by atoms with Gasteiger partial charge in [-0.25, -0.2) is 4.39 Å². The summed E-state index contributed by atoms with van der Waals surface area (Å²) >= 11 is 7.42. The molecule has 0 aliphatic rings. The van der Waals surface area contributed by atoms with Gasteiger partial charge in [-0.3, -0.25) is 4.79 Å². The number of hydrogen-bond acceptors (Lipinski definition) is 2. The molecule has 0 bridgehead atoms. The molecule has 0 aromatic heterocycles. The lowest BCUT2D eigenvalue weighted by molar-refractivity contribution is -0.113. The minimum atomic E-state index is -0.427. The maximum Gasteiger partial charge on any atom is 0.234 e. The Balaban J connectivity index is 1.54. The van der Waals surface area contributed by atoms with Crippen molar-refractivity contribution in [2.24, 2.45) is 0 Å². The molecule has 122 valence electrons. The third-order valence-electron chi connectivity index (χ3n) is 3.52. The van der Waals surface area contributed by atoms with Crippen LogP contribution in [0.3, 0.4) is 0 Å². The van der Waals surface area contributed by atoms with Crippen molar-refractivity contribution < 1.29 is 9.18 Å². The van der Waals surface area contributed by atoms with Crippen molar-refractivity contribution in [2.75, 3.05) is 11.1 Å². The Hall–Kier alpha value is -2.04. The smallest absolute Gasteiger partial charge is 0.234 e. The second-order valence-electron chi connectivity index (χ2n) is 5.35. The number of carbonyl (C=O) groups excluding carboxylic acids is 1. The first-order chi connectivity index (χ1) is 11.6. The lowest BCUT2D eigenvalue weighted by Gasteiger charge is -2.07. The molecule has 24 heavy (non-hydrogen) atoms. The fourth-order valence-electron chi connectivity index (χ4n) is 2.37. The van der Waals surface area contributed by atoms with Crippen LogP contribution >= 0.6 is 23.4 Å². The lowest BCUT2D eigenvalue weighted by atomic mass is 10.1. The number of nitrogens with one attached hydrogen (secondary N) is 1. The maximum absolute atomic E-state index is 13.0. The van der Waals surface area contributed by atoms with Crippen molar-refractivity contribution >= 4 is 45.7 Å². The summed E-state index contributed by atoms with van der Waals surface area (Å²) in [6, 6.07) is 18.4. The molecule has 0 saturated heterocycles. The highest BCUT2D eigenvalue weighted by molar-refractivity contribution is 7.99. The van der Waals surface area contributed by atoms with E-state index in [1.54, 1.807) is 0 Å². The maximum atomic E-state index is 13.0. The molecule has 1 N–H and O–H groups in total. The van der Waals surface area contributed by atoms with Crippen molar-refractivity contribution in [1.82, 2.24) is 0 Å². The molecule has 0 spiro atoms. The Morgan fingerprint density at radius 1 is 1.04 bits per heavy atom. The van der Waals surface area contributed by atoms with Crippen LogP contribution in [-0.4, -0.2) is 11.7 Å². The van der Waals surface area contributed by atoms with Crippen LogP contribution < -0.4 is 5.32 Å². The summed E-state index contributed by atoms with van der Waals surface area (Å²) in [5, 5.41) is 5.29. The van der Waals surface area contributed by atoms with Crippen molar-refractivity contribution in [3.8, 4) is 0 Å². The minimum Gasteiger partial charge on any atom is -0.324 e. The van der Waals surface area contributed by atoms with Crippen molar-refractivity contribution in [2.45, 2.75) is 5.75 Å². The zero-order chi connectivity index (χ0) is 16.9. The van der Waals surface area contributed by atoms with E-state index in [-0.39, 0.29) is 10.9 Å². The standard InChI is InChI=1S/C19H15ClFNOS/c20-17-10-16(21)7-8-18(17)22-19(23)12-24-11-13-5-6-14-3-1-2-4-15(14)9-13/h1-10H,11-12H2,(H,22,23). The van der Waals surface area contributed by atoms with Gasteiger partial charge in [-0.05, 0) is 34.5 Å². The number of fused-ring (bicyclic) bond motifs is 1. The van der Waals surface area contributed by atoms with E-state index in [1.165, 1.54) is 46.3 Å². The van der Waals surface area contributed by atoms with Gasteiger partial charge in [0.15, 0.2) is 0 Å². The molecular formula is C19H15ClFNOS. The molecule has 0 unspecified atom stereocenters. The lowest BCUT2D eigenvalue weighted by Crippen LogP contribution is -2.14. The number of amides is 1. The fourth-order valence-corrected chi connectivity index (χ4v) is 3.36. The van der Waals surface area contributed by atoms with Crippen LogP contribution in [0.2, 0.25) is 5.02 Å². The predicted octanol–water partition coefficient (Wildman–Crippen LogP) is 5.50. The second kappa shape index (κ2) is 7.69. The first-order valence-corrected chi connectivity index (χ1v) is 8.95. The van der Waals surface area contributed by atoms with Crippen LogP contribution in [0.5, 0.6) is 0 Å². The zero-order valence-electron chi connectivity index (χ0n) is 12.8. The highest BCUT2D eigenvalue weighted by Gasteiger charge is 2.07. The normalized spacial score (nSPS) is 10.8. The van der Waals surface area contributed by atoms with E-state index >= 15 is 0 Å². The Labute approximate surface area is 149 Å². The van der Waals surface area contributed by atoms with Crippen LogP contribution in [0.4, 0.5) is 10.1 Å². The Morgan fingerprint density at radius 2 is 1.83 bits per heavy atom. The quantitative estimate of drug-likeness (QED) is 0.651. The summed E-state index contributed by atoms with van der Waals surface area (Å²) < 4.78 is 13.0. The van der Waals surface area contributed by atoms with E-state index in [0.717, 1.165) is 5.75 Å². The van der Waals surface area contributed by atoms with Crippen molar-refractivity contribution in [3.05, 3.63) is 77.1 Å². The van der Waals surface area contributed by atoms with E-state index in [9.17, 15) is 9.18 Å². The van der Waals surface area contributed by atoms with Crippen LogP contribution in [-0.2, 0) is 10.5 Å². The predicted molar refractivity (Wildman–Crippen MR) is 100 cm³/mol. The van der Waals surface area contributed by atoms with E-state index in [1.807, 2.05) is 12.1 Å². The van der Waals surface area contributed by atoms with Crippen molar-refractivity contribution in [1.29, 1.82) is 0 Å². The third kappa shape index (κ3) is 4.28. The number of benzene rings is 3. The van der Waals surface area contributed by atoms with Crippen molar-refractivity contribution in [3.63, 3.8) is 0 Å². The van der Waals surface area contributed by atoms with Crippen LogP contribution in [0.1, 0.15) is 5.56 Å². The van der Waals surface area contributed by atoms with E-state index < -0.39 is 5.82 Å². The zero-order valence-corrected chi connectivity index (χ0v) is 14.3. The summed E-state index contributed by atoms with van der Waals surface area (Å²) in [5.41, 5.74) is 1.60. The Kier molecular flexibility index (Phi) is 5.38. The van der Waals surface area contributed by atoms with E-state index in [0.29, 0.717) is 11.4 Å². The number of thioether (sulfide) groups is 1. The van der Waals surface area contributed by atoms with E-state index in [4.69, 9.17) is 11.6 Å².